The lowest BCUT2D eigenvalue weighted by molar-refractivity contribution is -0.132. The first kappa shape index (κ1) is 20.2. The van der Waals surface area contributed by atoms with Crippen molar-refractivity contribution in [1.29, 1.82) is 0 Å². The van der Waals surface area contributed by atoms with Crippen LogP contribution in [0.25, 0.3) is 11.4 Å². The summed E-state index contributed by atoms with van der Waals surface area (Å²) in [5, 5.41) is 3.94. The number of carbonyl (C=O) groups is 1. The first-order chi connectivity index (χ1) is 14.5. The SMILES string of the molecule is N[C@@H](CC(=O)N1CCC[C@H]1c1nc(-c2cccc(F)c2)no1)Cc1ccccc1F. The van der Waals surface area contributed by atoms with Gasteiger partial charge in [0, 0.05) is 24.6 Å². The second-order valence-corrected chi connectivity index (χ2v) is 7.47. The molecule has 4 rings (SSSR count). The molecule has 1 aliphatic heterocycles. The lowest BCUT2D eigenvalue weighted by Crippen LogP contribution is -2.36. The average Bonchev–Trinajstić information content (AvgIpc) is 3.39. The highest BCUT2D eigenvalue weighted by Gasteiger charge is 2.34. The van der Waals surface area contributed by atoms with E-state index in [0.717, 1.165) is 6.42 Å². The molecule has 1 aliphatic rings. The maximum atomic E-state index is 13.8. The summed E-state index contributed by atoms with van der Waals surface area (Å²) < 4.78 is 32.7. The molecule has 6 nitrogen and oxygen atoms in total. The number of carbonyl (C=O) groups excluding carboxylic acids is 1. The van der Waals surface area contributed by atoms with Gasteiger partial charge in [-0.15, -0.1) is 0 Å². The molecule has 0 saturated carbocycles. The molecule has 1 aromatic heterocycles. The van der Waals surface area contributed by atoms with Crippen LogP contribution in [0, 0.1) is 11.6 Å². The van der Waals surface area contributed by atoms with E-state index in [1.54, 1.807) is 35.2 Å². The Morgan fingerprint density at radius 2 is 2.07 bits per heavy atom. The van der Waals surface area contributed by atoms with Gasteiger partial charge in [0.2, 0.25) is 17.6 Å². The number of amides is 1. The first-order valence-electron chi connectivity index (χ1n) is 9.89. The van der Waals surface area contributed by atoms with E-state index in [1.165, 1.54) is 18.2 Å². The van der Waals surface area contributed by atoms with Crippen molar-refractivity contribution in [3.63, 3.8) is 0 Å². The van der Waals surface area contributed by atoms with Gasteiger partial charge in [0.15, 0.2) is 0 Å². The lowest BCUT2D eigenvalue weighted by atomic mass is 10.0. The molecule has 2 atom stereocenters. The Kier molecular flexibility index (Phi) is 5.85. The third kappa shape index (κ3) is 4.38. The zero-order valence-corrected chi connectivity index (χ0v) is 16.3. The predicted molar refractivity (Wildman–Crippen MR) is 106 cm³/mol. The molecule has 0 aliphatic carbocycles. The summed E-state index contributed by atoms with van der Waals surface area (Å²) in [4.78, 5) is 18.9. The van der Waals surface area contributed by atoms with Gasteiger partial charge in [0.05, 0.1) is 0 Å². The molecule has 2 N–H and O–H groups in total. The number of hydrogen-bond acceptors (Lipinski definition) is 5. The van der Waals surface area contributed by atoms with Crippen LogP contribution < -0.4 is 5.73 Å². The Morgan fingerprint density at radius 3 is 2.87 bits per heavy atom. The number of nitrogens with two attached hydrogens (primary N) is 1. The van der Waals surface area contributed by atoms with E-state index < -0.39 is 6.04 Å². The monoisotopic (exact) mass is 412 g/mol. The molecular weight excluding hydrogens is 390 g/mol. The van der Waals surface area contributed by atoms with Gasteiger partial charge in [-0.1, -0.05) is 35.5 Å². The van der Waals surface area contributed by atoms with Crippen molar-refractivity contribution in [2.24, 2.45) is 5.73 Å². The molecule has 3 aromatic rings. The summed E-state index contributed by atoms with van der Waals surface area (Å²) in [6.45, 7) is 0.563. The van der Waals surface area contributed by atoms with Gasteiger partial charge >= 0.3 is 0 Å². The highest BCUT2D eigenvalue weighted by atomic mass is 19.1. The molecule has 2 heterocycles. The number of aromatic nitrogens is 2. The summed E-state index contributed by atoms with van der Waals surface area (Å²) in [7, 11) is 0. The van der Waals surface area contributed by atoms with Crippen LogP contribution in [0.15, 0.2) is 53.1 Å². The highest BCUT2D eigenvalue weighted by molar-refractivity contribution is 5.77. The van der Waals surface area contributed by atoms with E-state index in [0.29, 0.717) is 30.0 Å². The van der Waals surface area contributed by atoms with Gasteiger partial charge in [-0.25, -0.2) is 8.78 Å². The van der Waals surface area contributed by atoms with Crippen LogP contribution in [-0.2, 0) is 11.2 Å². The number of likely N-dealkylation sites (tertiary alicyclic amines) is 1. The molecule has 1 saturated heterocycles. The van der Waals surface area contributed by atoms with Gasteiger partial charge < -0.3 is 15.2 Å². The number of benzene rings is 2. The number of rotatable bonds is 6. The number of hydrogen-bond donors (Lipinski definition) is 1. The molecule has 30 heavy (non-hydrogen) atoms. The quantitative estimate of drug-likeness (QED) is 0.668. The molecule has 0 bridgehead atoms. The standard InChI is InChI=1S/C22H22F2N4O2/c23-16-7-3-6-15(11-16)21-26-22(30-27-21)19-9-4-10-28(19)20(29)13-17(25)12-14-5-1-2-8-18(14)24/h1-3,5-8,11,17,19H,4,9-10,12-13,25H2/t17-,19+/m1/s1. The smallest absolute Gasteiger partial charge is 0.249 e. The highest BCUT2D eigenvalue weighted by Crippen LogP contribution is 2.32. The molecule has 0 radical (unpaired) electrons. The third-order valence-corrected chi connectivity index (χ3v) is 5.26. The second-order valence-electron chi connectivity index (χ2n) is 7.47. The van der Waals surface area contributed by atoms with Crippen molar-refractivity contribution >= 4 is 5.91 Å². The summed E-state index contributed by atoms with van der Waals surface area (Å²) >= 11 is 0. The summed E-state index contributed by atoms with van der Waals surface area (Å²) in [5.74, 6) is -0.245. The zero-order valence-electron chi connectivity index (χ0n) is 16.3. The number of nitrogens with zero attached hydrogens (tertiary/aromatic N) is 3. The van der Waals surface area contributed by atoms with E-state index in [2.05, 4.69) is 10.1 Å². The van der Waals surface area contributed by atoms with Gasteiger partial charge in [-0.05, 0) is 43.0 Å². The normalized spacial score (nSPS) is 17.3. The number of halogens is 2. The zero-order chi connectivity index (χ0) is 21.1. The summed E-state index contributed by atoms with van der Waals surface area (Å²) in [6.07, 6.45) is 1.87. The summed E-state index contributed by atoms with van der Waals surface area (Å²) in [6, 6.07) is 11.5. The maximum Gasteiger partial charge on any atom is 0.249 e. The Bertz CT molecular complexity index is 1040. The molecule has 1 amide bonds. The van der Waals surface area contributed by atoms with E-state index in [9.17, 15) is 13.6 Å². The fourth-order valence-electron chi connectivity index (χ4n) is 3.80. The van der Waals surface area contributed by atoms with E-state index in [-0.39, 0.29) is 42.2 Å². The van der Waals surface area contributed by atoms with Crippen LogP contribution in [0.2, 0.25) is 0 Å². The van der Waals surface area contributed by atoms with Gasteiger partial charge in [-0.2, -0.15) is 4.98 Å². The first-order valence-corrected chi connectivity index (χ1v) is 9.89. The lowest BCUT2D eigenvalue weighted by Gasteiger charge is -2.23. The molecular formula is C22H22F2N4O2. The Hall–Kier alpha value is -3.13. The van der Waals surface area contributed by atoms with Crippen LogP contribution in [0.5, 0.6) is 0 Å². The second kappa shape index (κ2) is 8.71. The van der Waals surface area contributed by atoms with Crippen molar-refractivity contribution < 1.29 is 18.1 Å². The third-order valence-electron chi connectivity index (χ3n) is 5.26. The molecule has 8 heteroatoms. The molecule has 2 aromatic carbocycles. The van der Waals surface area contributed by atoms with Gasteiger partial charge in [0.1, 0.15) is 17.7 Å². The van der Waals surface area contributed by atoms with Crippen LogP contribution in [0.4, 0.5) is 8.78 Å². The molecule has 0 unspecified atom stereocenters. The average molecular weight is 412 g/mol. The fraction of sp³-hybridized carbons (Fsp3) is 0.318. The van der Waals surface area contributed by atoms with Crippen LogP contribution in [-0.4, -0.2) is 33.5 Å². The van der Waals surface area contributed by atoms with Crippen molar-refractivity contribution in [2.45, 2.75) is 37.8 Å². The van der Waals surface area contributed by atoms with E-state index >= 15 is 0 Å². The van der Waals surface area contributed by atoms with Crippen LogP contribution in [0.1, 0.15) is 36.8 Å². The Balaban J connectivity index is 1.43. The molecule has 0 spiro atoms. The molecule has 156 valence electrons. The summed E-state index contributed by atoms with van der Waals surface area (Å²) in [5.41, 5.74) is 7.12. The maximum absolute atomic E-state index is 13.8. The topological polar surface area (TPSA) is 85.3 Å². The minimum Gasteiger partial charge on any atom is -0.337 e. The van der Waals surface area contributed by atoms with Crippen molar-refractivity contribution in [3.8, 4) is 11.4 Å². The largest absolute Gasteiger partial charge is 0.337 e. The van der Waals surface area contributed by atoms with Crippen LogP contribution >= 0.6 is 0 Å². The minimum absolute atomic E-state index is 0.0930. The van der Waals surface area contributed by atoms with Gasteiger partial charge in [-0.3, -0.25) is 4.79 Å². The van der Waals surface area contributed by atoms with Crippen molar-refractivity contribution in [2.75, 3.05) is 6.54 Å². The fourth-order valence-corrected chi connectivity index (χ4v) is 3.80. The van der Waals surface area contributed by atoms with Crippen molar-refractivity contribution in [1.82, 2.24) is 15.0 Å². The predicted octanol–water partition coefficient (Wildman–Crippen LogP) is 3.64. The Morgan fingerprint density at radius 1 is 1.23 bits per heavy atom. The van der Waals surface area contributed by atoms with Gasteiger partial charge in [0.25, 0.3) is 0 Å². The van der Waals surface area contributed by atoms with Crippen molar-refractivity contribution in [3.05, 3.63) is 71.6 Å². The van der Waals surface area contributed by atoms with Crippen LogP contribution in [0.3, 0.4) is 0 Å². The van der Waals surface area contributed by atoms with E-state index in [4.69, 9.17) is 10.3 Å². The Labute approximate surface area is 172 Å². The molecule has 1 fully saturated rings. The minimum atomic E-state index is -0.499. The van der Waals surface area contributed by atoms with E-state index in [1.807, 2.05) is 0 Å².